The van der Waals surface area contributed by atoms with E-state index >= 15 is 0 Å². The molecule has 0 aromatic heterocycles. The molecule has 0 saturated heterocycles. The molecule has 4 nitrogen and oxygen atoms in total. The van der Waals surface area contributed by atoms with Gasteiger partial charge < -0.3 is 20.3 Å². The third-order valence-electron chi connectivity index (χ3n) is 5.36. The Bertz CT molecular complexity index is 890. The van der Waals surface area contributed by atoms with Gasteiger partial charge in [0, 0.05) is 28.2 Å². The van der Waals surface area contributed by atoms with Gasteiger partial charge in [-0.15, -0.1) is 0 Å². The fourth-order valence-corrected chi connectivity index (χ4v) is 3.95. The van der Waals surface area contributed by atoms with E-state index in [1.54, 1.807) is 12.1 Å². The van der Waals surface area contributed by atoms with E-state index in [9.17, 15) is 18.3 Å². The molecule has 0 heterocycles. The smallest absolute Gasteiger partial charge is 0.164 e. The Morgan fingerprint density at radius 2 is 1.93 bits per heavy atom. The van der Waals surface area contributed by atoms with E-state index in [1.165, 1.54) is 13.2 Å². The van der Waals surface area contributed by atoms with Gasteiger partial charge in [-0.25, -0.2) is 13.2 Å². The van der Waals surface area contributed by atoms with Gasteiger partial charge in [0.15, 0.2) is 11.6 Å². The van der Waals surface area contributed by atoms with Crippen molar-refractivity contribution in [2.75, 3.05) is 25.6 Å². The van der Waals surface area contributed by atoms with Crippen LogP contribution in [-0.4, -0.2) is 36.6 Å². The van der Waals surface area contributed by atoms with Crippen molar-refractivity contribution in [3.05, 3.63) is 56.4 Å². The van der Waals surface area contributed by atoms with Gasteiger partial charge in [0.05, 0.1) is 25.5 Å². The molecule has 1 saturated carbocycles. The first-order valence-corrected chi connectivity index (χ1v) is 10.4. The summed E-state index contributed by atoms with van der Waals surface area (Å²) in [5, 5.41) is 22.0. The lowest BCUT2D eigenvalue weighted by Crippen LogP contribution is -2.24. The highest BCUT2D eigenvalue weighted by Gasteiger charge is 2.44. The van der Waals surface area contributed by atoms with Gasteiger partial charge in [-0.05, 0) is 65.0 Å². The lowest BCUT2D eigenvalue weighted by Gasteiger charge is -2.22. The normalized spacial score (nSPS) is 15.8. The molecule has 0 radical (unpaired) electrons. The van der Waals surface area contributed by atoms with Gasteiger partial charge in [0.2, 0.25) is 0 Å². The molecule has 0 spiro atoms. The summed E-state index contributed by atoms with van der Waals surface area (Å²) in [7, 11) is 1.36. The van der Waals surface area contributed by atoms with Crippen LogP contribution in [0.5, 0.6) is 5.75 Å². The molecule has 0 aliphatic heterocycles. The van der Waals surface area contributed by atoms with Crippen molar-refractivity contribution in [2.45, 2.75) is 31.8 Å². The number of hydrogen-bond acceptors (Lipinski definition) is 4. The van der Waals surface area contributed by atoms with E-state index in [4.69, 9.17) is 9.84 Å². The Labute approximate surface area is 181 Å². The number of aliphatic hydroxyl groups is 2. The van der Waals surface area contributed by atoms with E-state index in [0.717, 1.165) is 18.9 Å². The van der Waals surface area contributed by atoms with Crippen LogP contribution in [0.25, 0.3) is 0 Å². The molecule has 1 aliphatic carbocycles. The molecule has 2 aromatic rings. The predicted molar refractivity (Wildman–Crippen MR) is 113 cm³/mol. The van der Waals surface area contributed by atoms with Crippen LogP contribution in [0.2, 0.25) is 0 Å². The highest BCUT2D eigenvalue weighted by molar-refractivity contribution is 14.1. The molecule has 8 heteroatoms. The average Bonchev–Trinajstić information content (AvgIpc) is 3.45. The number of ether oxygens (including phenoxy) is 1. The second kappa shape index (κ2) is 9.09. The number of halogens is 4. The summed E-state index contributed by atoms with van der Waals surface area (Å²) in [6.45, 7) is 0.0707. The van der Waals surface area contributed by atoms with E-state index in [-0.39, 0.29) is 41.0 Å². The first-order chi connectivity index (χ1) is 13.8. The molecule has 29 heavy (non-hydrogen) atoms. The number of rotatable bonds is 9. The molecule has 0 bridgehead atoms. The van der Waals surface area contributed by atoms with E-state index < -0.39 is 23.6 Å². The van der Waals surface area contributed by atoms with Gasteiger partial charge in [0.1, 0.15) is 11.6 Å². The first kappa shape index (κ1) is 22.2. The molecule has 1 atom stereocenters. The molecule has 0 unspecified atom stereocenters. The van der Waals surface area contributed by atoms with Gasteiger partial charge in [-0.3, -0.25) is 0 Å². The predicted octanol–water partition coefficient (Wildman–Crippen LogP) is 4.24. The van der Waals surface area contributed by atoms with Crippen LogP contribution in [0, 0.1) is 26.4 Å². The van der Waals surface area contributed by atoms with Crippen molar-refractivity contribution in [3.63, 3.8) is 0 Å². The van der Waals surface area contributed by atoms with Crippen molar-refractivity contribution >= 4 is 28.3 Å². The lowest BCUT2D eigenvalue weighted by molar-refractivity contribution is 0.0718. The van der Waals surface area contributed by atoms with E-state index in [2.05, 4.69) is 5.32 Å². The zero-order chi connectivity index (χ0) is 21.2. The fraction of sp³-hybridized carbons (Fsp3) is 0.429. The van der Waals surface area contributed by atoms with Gasteiger partial charge >= 0.3 is 0 Å². The van der Waals surface area contributed by atoms with Gasteiger partial charge in [-0.2, -0.15) is 0 Å². The molecular weight excluding hydrogens is 498 g/mol. The Balaban J connectivity index is 1.92. The Kier molecular flexibility index (Phi) is 6.95. The van der Waals surface area contributed by atoms with Gasteiger partial charge in [-0.1, -0.05) is 6.07 Å². The Morgan fingerprint density at radius 3 is 2.52 bits per heavy atom. The molecule has 2 aromatic carbocycles. The molecule has 1 aliphatic rings. The maximum Gasteiger partial charge on any atom is 0.164 e. The number of methoxy groups -OCH3 is 1. The number of anilines is 1. The molecule has 0 amide bonds. The lowest BCUT2D eigenvalue weighted by atomic mass is 9.97. The SMILES string of the molecule is COc1cc(F)c(F)c(Cc2ccc(I)cc2F)c1NCC1(C[C@@H](O)CO)CC1. The van der Waals surface area contributed by atoms with Crippen LogP contribution in [-0.2, 0) is 6.42 Å². The Hall–Kier alpha value is -1.52. The summed E-state index contributed by atoms with van der Waals surface area (Å²) in [5.74, 6) is -2.48. The monoisotopic (exact) mass is 521 g/mol. The van der Waals surface area contributed by atoms with Crippen molar-refractivity contribution in [2.24, 2.45) is 5.41 Å². The molecular formula is C21H23F3INO3. The zero-order valence-electron chi connectivity index (χ0n) is 15.9. The summed E-state index contributed by atoms with van der Waals surface area (Å²) in [5.41, 5.74) is 0.287. The maximum atomic E-state index is 14.7. The average molecular weight is 521 g/mol. The summed E-state index contributed by atoms with van der Waals surface area (Å²) in [4.78, 5) is 0. The van der Waals surface area contributed by atoms with E-state index in [0.29, 0.717) is 16.5 Å². The summed E-state index contributed by atoms with van der Waals surface area (Å²) in [6, 6.07) is 5.56. The van der Waals surface area contributed by atoms with Crippen molar-refractivity contribution < 1.29 is 28.1 Å². The largest absolute Gasteiger partial charge is 0.494 e. The second-order valence-electron chi connectivity index (χ2n) is 7.53. The van der Waals surface area contributed by atoms with Crippen molar-refractivity contribution in [1.82, 2.24) is 0 Å². The van der Waals surface area contributed by atoms with Crippen molar-refractivity contribution in [1.29, 1.82) is 0 Å². The third-order valence-corrected chi connectivity index (χ3v) is 6.03. The molecule has 158 valence electrons. The van der Waals surface area contributed by atoms with Crippen LogP contribution in [0.3, 0.4) is 0 Å². The van der Waals surface area contributed by atoms with E-state index in [1.807, 2.05) is 22.6 Å². The highest BCUT2D eigenvalue weighted by atomic mass is 127. The standard InChI is InChI=1S/C21H23F3INO3/c1-29-18-8-17(23)19(24)15(6-12-2-3-13(25)7-16(12)22)20(18)26-11-21(4-5-21)9-14(28)10-27/h2-3,7-8,14,26-28H,4-6,9-11H2,1H3/t14-/m1/s1. The highest BCUT2D eigenvalue weighted by Crippen LogP contribution is 2.50. The second-order valence-corrected chi connectivity index (χ2v) is 8.78. The number of aliphatic hydroxyl groups excluding tert-OH is 2. The minimum absolute atomic E-state index is 0.0135. The molecule has 3 rings (SSSR count). The van der Waals surface area contributed by atoms with Crippen LogP contribution in [0.1, 0.15) is 30.4 Å². The first-order valence-electron chi connectivity index (χ1n) is 9.30. The number of nitrogens with one attached hydrogen (secondary N) is 1. The van der Waals surface area contributed by atoms with Gasteiger partial charge in [0.25, 0.3) is 0 Å². The quantitative estimate of drug-likeness (QED) is 0.433. The van der Waals surface area contributed by atoms with Crippen LogP contribution in [0.4, 0.5) is 18.9 Å². The van der Waals surface area contributed by atoms with Crippen LogP contribution >= 0.6 is 22.6 Å². The van der Waals surface area contributed by atoms with Crippen molar-refractivity contribution in [3.8, 4) is 5.75 Å². The number of hydrogen-bond donors (Lipinski definition) is 3. The van der Waals surface area contributed by atoms with Crippen LogP contribution < -0.4 is 10.1 Å². The molecule has 3 N–H and O–H groups in total. The summed E-state index contributed by atoms with van der Waals surface area (Å²) in [6.07, 6.45) is 1.14. The topological polar surface area (TPSA) is 61.7 Å². The van der Waals surface area contributed by atoms with Crippen LogP contribution in [0.15, 0.2) is 24.3 Å². The zero-order valence-corrected chi connectivity index (χ0v) is 18.1. The third kappa shape index (κ3) is 5.16. The summed E-state index contributed by atoms with van der Waals surface area (Å²) < 4.78 is 49.1. The molecule has 1 fully saturated rings. The maximum absolute atomic E-state index is 14.7. The minimum Gasteiger partial charge on any atom is -0.494 e. The summed E-state index contributed by atoms with van der Waals surface area (Å²) >= 11 is 1.98. The Morgan fingerprint density at radius 1 is 1.21 bits per heavy atom. The fourth-order valence-electron chi connectivity index (χ4n) is 3.50. The number of benzene rings is 2. The minimum atomic E-state index is -1.06.